The number of nitrogens with one attached hydrogen (secondary N) is 2. The van der Waals surface area contributed by atoms with E-state index in [1.165, 1.54) is 0 Å². The number of anilines is 2. The highest BCUT2D eigenvalue weighted by Gasteiger charge is 2.21. The third-order valence-corrected chi connectivity index (χ3v) is 5.97. The molecule has 0 bridgehead atoms. The fourth-order valence-corrected chi connectivity index (χ4v) is 4.07. The van der Waals surface area contributed by atoms with Gasteiger partial charge in [-0.2, -0.15) is 0 Å². The minimum Gasteiger partial charge on any atom is -0.383 e. The summed E-state index contributed by atoms with van der Waals surface area (Å²) in [7, 11) is 0. The summed E-state index contributed by atoms with van der Waals surface area (Å²) in [6, 6.07) is 9.13. The molecule has 2 amide bonds. The van der Waals surface area contributed by atoms with Gasteiger partial charge in [0.25, 0.3) is 11.8 Å². The highest BCUT2D eigenvalue weighted by molar-refractivity contribution is 6.00. The number of amides is 2. The van der Waals surface area contributed by atoms with E-state index in [0.717, 1.165) is 36.1 Å². The number of carbonyl (C=O) groups excluding carboxylic acids is 2. The molecule has 10 heteroatoms. The van der Waals surface area contributed by atoms with Crippen molar-refractivity contribution in [3.63, 3.8) is 0 Å². The number of rotatable bonds is 6. The van der Waals surface area contributed by atoms with E-state index < -0.39 is 23.6 Å². The normalized spacial score (nSPS) is 14.8. The Kier molecular flexibility index (Phi) is 7.56. The minimum atomic E-state index is -1.76. The van der Waals surface area contributed by atoms with Gasteiger partial charge in [0.2, 0.25) is 0 Å². The van der Waals surface area contributed by atoms with E-state index in [0.29, 0.717) is 30.5 Å². The SMILES string of the molecule is Cc1cc(NC(=O)[C@@H](O)c2cc(F)cc(F)c2)ccc1-c1cnc(N)c(C(=O)NC2CCOCC2)c1. The summed E-state index contributed by atoms with van der Waals surface area (Å²) in [5, 5.41) is 15.7. The molecular formula is C26H26F2N4O4. The highest BCUT2D eigenvalue weighted by atomic mass is 19.1. The van der Waals surface area contributed by atoms with Crippen LogP contribution in [0.3, 0.4) is 0 Å². The van der Waals surface area contributed by atoms with Gasteiger partial charge in [-0.15, -0.1) is 0 Å². The van der Waals surface area contributed by atoms with E-state index in [2.05, 4.69) is 15.6 Å². The van der Waals surface area contributed by atoms with E-state index >= 15 is 0 Å². The van der Waals surface area contributed by atoms with Crippen molar-refractivity contribution >= 4 is 23.3 Å². The van der Waals surface area contributed by atoms with Crippen LogP contribution in [0.2, 0.25) is 0 Å². The van der Waals surface area contributed by atoms with Crippen LogP contribution < -0.4 is 16.4 Å². The molecule has 1 aliphatic rings. The number of benzene rings is 2. The number of aromatic nitrogens is 1. The molecule has 0 spiro atoms. The van der Waals surface area contributed by atoms with Crippen LogP contribution in [0.4, 0.5) is 20.3 Å². The Balaban J connectivity index is 1.50. The van der Waals surface area contributed by atoms with Crippen LogP contribution in [0, 0.1) is 18.6 Å². The maximum absolute atomic E-state index is 13.4. The Morgan fingerprint density at radius 2 is 1.81 bits per heavy atom. The predicted octanol–water partition coefficient (Wildman–Crippen LogP) is 3.50. The second kappa shape index (κ2) is 10.8. The molecule has 2 heterocycles. The lowest BCUT2D eigenvalue weighted by Gasteiger charge is -2.23. The number of hydrogen-bond acceptors (Lipinski definition) is 6. The second-order valence-corrected chi connectivity index (χ2v) is 8.64. The first kappa shape index (κ1) is 25.2. The van der Waals surface area contributed by atoms with E-state index in [-0.39, 0.29) is 28.9 Å². The average Bonchev–Trinajstić information content (AvgIpc) is 2.84. The molecule has 1 aliphatic heterocycles. The van der Waals surface area contributed by atoms with Crippen LogP contribution in [0.5, 0.6) is 0 Å². The van der Waals surface area contributed by atoms with Crippen molar-refractivity contribution in [3.8, 4) is 11.1 Å². The maximum atomic E-state index is 13.4. The number of ether oxygens (including phenoxy) is 1. The topological polar surface area (TPSA) is 127 Å². The van der Waals surface area contributed by atoms with E-state index in [9.17, 15) is 23.5 Å². The summed E-state index contributed by atoms with van der Waals surface area (Å²) in [5.74, 6) is -2.82. The molecule has 4 rings (SSSR count). The van der Waals surface area contributed by atoms with Crippen molar-refractivity contribution < 1.29 is 28.2 Å². The van der Waals surface area contributed by atoms with Gasteiger partial charge in [-0.3, -0.25) is 9.59 Å². The summed E-state index contributed by atoms with van der Waals surface area (Å²) < 4.78 is 32.2. The first-order valence-electron chi connectivity index (χ1n) is 11.4. The first-order chi connectivity index (χ1) is 17.2. The number of aryl methyl sites for hydroxylation is 1. The number of aliphatic hydroxyl groups excluding tert-OH is 1. The van der Waals surface area contributed by atoms with Crippen LogP contribution in [-0.4, -0.2) is 41.2 Å². The molecule has 1 saturated heterocycles. The molecule has 1 aromatic heterocycles. The first-order valence-corrected chi connectivity index (χ1v) is 11.4. The van der Waals surface area contributed by atoms with Gasteiger partial charge in [-0.1, -0.05) is 6.07 Å². The zero-order valence-corrected chi connectivity index (χ0v) is 19.6. The van der Waals surface area contributed by atoms with Gasteiger partial charge in [-0.25, -0.2) is 13.8 Å². The summed E-state index contributed by atoms with van der Waals surface area (Å²) in [4.78, 5) is 29.4. The van der Waals surface area contributed by atoms with Gasteiger partial charge in [0.15, 0.2) is 6.10 Å². The van der Waals surface area contributed by atoms with Crippen molar-refractivity contribution in [2.75, 3.05) is 24.3 Å². The lowest BCUT2D eigenvalue weighted by molar-refractivity contribution is -0.124. The van der Waals surface area contributed by atoms with E-state index in [1.807, 2.05) is 6.92 Å². The molecule has 0 aliphatic carbocycles. The number of halogens is 2. The maximum Gasteiger partial charge on any atom is 0.257 e. The number of pyridine rings is 1. The second-order valence-electron chi connectivity index (χ2n) is 8.64. The summed E-state index contributed by atoms with van der Waals surface area (Å²) >= 11 is 0. The highest BCUT2D eigenvalue weighted by Crippen LogP contribution is 2.28. The molecule has 0 radical (unpaired) electrons. The van der Waals surface area contributed by atoms with Gasteiger partial charge in [0.05, 0.1) is 5.56 Å². The Morgan fingerprint density at radius 1 is 1.11 bits per heavy atom. The van der Waals surface area contributed by atoms with Crippen LogP contribution >= 0.6 is 0 Å². The van der Waals surface area contributed by atoms with Crippen LogP contribution in [0.25, 0.3) is 11.1 Å². The Morgan fingerprint density at radius 3 is 2.47 bits per heavy atom. The quantitative estimate of drug-likeness (QED) is 0.414. The molecule has 36 heavy (non-hydrogen) atoms. The fraction of sp³-hybridized carbons (Fsp3) is 0.269. The van der Waals surface area contributed by atoms with Gasteiger partial charge < -0.3 is 26.2 Å². The average molecular weight is 497 g/mol. The van der Waals surface area contributed by atoms with E-state index in [1.54, 1.807) is 30.5 Å². The summed E-state index contributed by atoms with van der Waals surface area (Å²) in [5.41, 5.74) is 8.58. The molecular weight excluding hydrogens is 470 g/mol. The number of aliphatic hydroxyl groups is 1. The molecule has 1 fully saturated rings. The van der Waals surface area contributed by atoms with Crippen molar-refractivity contribution in [2.45, 2.75) is 31.9 Å². The molecule has 0 saturated carbocycles. The summed E-state index contributed by atoms with van der Waals surface area (Å²) in [6.45, 7) is 3.00. The van der Waals surface area contributed by atoms with Crippen molar-refractivity contribution in [3.05, 3.63) is 77.0 Å². The Labute approximate surface area is 206 Å². The number of hydrogen-bond donors (Lipinski definition) is 4. The Hall–Kier alpha value is -3.89. The van der Waals surface area contributed by atoms with Crippen LogP contribution in [0.1, 0.15) is 40.4 Å². The van der Waals surface area contributed by atoms with Crippen LogP contribution in [0.15, 0.2) is 48.7 Å². The number of carbonyl (C=O) groups is 2. The lowest BCUT2D eigenvalue weighted by Crippen LogP contribution is -2.39. The van der Waals surface area contributed by atoms with Gasteiger partial charge >= 0.3 is 0 Å². The fourth-order valence-electron chi connectivity index (χ4n) is 4.07. The van der Waals surface area contributed by atoms with E-state index in [4.69, 9.17) is 10.5 Å². The largest absolute Gasteiger partial charge is 0.383 e. The molecule has 5 N–H and O–H groups in total. The predicted molar refractivity (Wildman–Crippen MR) is 130 cm³/mol. The zero-order chi connectivity index (χ0) is 25.8. The number of nitrogens with zero attached hydrogens (tertiary/aromatic N) is 1. The smallest absolute Gasteiger partial charge is 0.257 e. The van der Waals surface area contributed by atoms with Gasteiger partial charge in [0, 0.05) is 42.8 Å². The molecule has 0 unspecified atom stereocenters. The number of nitrogen functional groups attached to an aromatic ring is 1. The number of nitrogens with two attached hydrogens (primary N) is 1. The summed E-state index contributed by atoms with van der Waals surface area (Å²) in [6.07, 6.45) is 1.26. The monoisotopic (exact) mass is 496 g/mol. The minimum absolute atomic E-state index is 0.0122. The third kappa shape index (κ3) is 5.84. The van der Waals surface area contributed by atoms with Crippen molar-refractivity contribution in [2.24, 2.45) is 0 Å². The van der Waals surface area contributed by atoms with Gasteiger partial charge in [-0.05, 0) is 66.8 Å². The molecule has 2 aromatic carbocycles. The lowest BCUT2D eigenvalue weighted by atomic mass is 9.99. The van der Waals surface area contributed by atoms with Crippen molar-refractivity contribution in [1.29, 1.82) is 0 Å². The third-order valence-electron chi connectivity index (χ3n) is 5.97. The zero-order valence-electron chi connectivity index (χ0n) is 19.6. The Bertz CT molecular complexity index is 1270. The molecule has 1 atom stereocenters. The molecule has 8 nitrogen and oxygen atoms in total. The standard InChI is InChI=1S/C26H26F2N4O4/c1-14-8-20(32-26(35)23(33)15-9-17(27)12-18(28)10-15)2-3-21(14)16-11-22(24(29)30-13-16)25(34)31-19-4-6-36-7-5-19/h2-3,8-13,19,23,33H,4-7H2,1H3,(H2,29,30)(H,31,34)(H,32,35)/t23-/m0/s1. The van der Waals surface area contributed by atoms with Crippen LogP contribution in [-0.2, 0) is 9.53 Å². The van der Waals surface area contributed by atoms with Gasteiger partial charge in [0.1, 0.15) is 17.5 Å². The molecule has 188 valence electrons. The van der Waals surface area contributed by atoms with Crippen molar-refractivity contribution in [1.82, 2.24) is 10.3 Å². The molecule has 3 aromatic rings.